The van der Waals surface area contributed by atoms with Gasteiger partial charge in [0.1, 0.15) is 0 Å². The van der Waals surface area contributed by atoms with E-state index >= 15 is 0 Å². The first-order chi connectivity index (χ1) is 7.69. The Morgan fingerprint density at radius 2 is 1.82 bits per heavy atom. The van der Waals surface area contributed by atoms with Crippen molar-refractivity contribution in [1.82, 2.24) is 4.90 Å². The van der Waals surface area contributed by atoms with Crippen LogP contribution in [0, 0.1) is 0 Å². The van der Waals surface area contributed by atoms with Gasteiger partial charge < -0.3 is 0 Å². The molecule has 0 atom stereocenters. The highest BCUT2D eigenvalue weighted by Crippen LogP contribution is 2.32. The van der Waals surface area contributed by atoms with Gasteiger partial charge in [0.05, 0.1) is 4.90 Å². The molecule has 1 aliphatic heterocycles. The molecule has 0 unspecified atom stereocenters. The third kappa shape index (κ3) is 2.38. The molecule has 0 fully saturated rings. The van der Waals surface area contributed by atoms with Crippen molar-refractivity contribution in [3.63, 3.8) is 0 Å². The first-order valence-corrected chi connectivity index (χ1v) is 7.64. The number of nitrogens with zero attached hydrogens (tertiary/aromatic N) is 1. The Morgan fingerprint density at radius 3 is 2.35 bits per heavy atom. The molecule has 0 bridgehead atoms. The second-order valence-electron chi connectivity index (χ2n) is 5.69. The zero-order valence-electron chi connectivity index (χ0n) is 10.8. The SMILES string of the molecule is CC(C)(C)N1Cc2cccc(S(C)(=O)=O)c2C1. The standard InChI is InChI=1S/C13H19NO2S/c1-13(2,3)14-8-10-6-5-7-12(11(10)9-14)17(4,15)16/h5-7H,8-9H2,1-4H3. The second kappa shape index (κ2) is 3.82. The molecule has 0 aliphatic carbocycles. The maximum atomic E-state index is 11.7. The number of fused-ring (bicyclic) bond motifs is 1. The quantitative estimate of drug-likeness (QED) is 0.770. The highest BCUT2D eigenvalue weighted by Gasteiger charge is 2.31. The molecular weight excluding hydrogens is 234 g/mol. The number of sulfone groups is 1. The van der Waals surface area contributed by atoms with E-state index in [1.165, 1.54) is 6.26 Å². The highest BCUT2D eigenvalue weighted by atomic mass is 32.2. The number of hydrogen-bond acceptors (Lipinski definition) is 3. The van der Waals surface area contributed by atoms with E-state index in [2.05, 4.69) is 25.7 Å². The largest absolute Gasteiger partial charge is 0.290 e. The maximum absolute atomic E-state index is 11.7. The van der Waals surface area contributed by atoms with Gasteiger partial charge in [-0.05, 0) is 38.0 Å². The van der Waals surface area contributed by atoms with Crippen LogP contribution in [-0.4, -0.2) is 25.1 Å². The van der Waals surface area contributed by atoms with Gasteiger partial charge in [0.15, 0.2) is 9.84 Å². The van der Waals surface area contributed by atoms with Crippen molar-refractivity contribution < 1.29 is 8.42 Å². The molecular formula is C13H19NO2S. The summed E-state index contributed by atoms with van der Waals surface area (Å²) in [7, 11) is -3.12. The molecule has 0 spiro atoms. The Balaban J connectivity index is 2.47. The van der Waals surface area contributed by atoms with Crippen molar-refractivity contribution in [1.29, 1.82) is 0 Å². The Morgan fingerprint density at radius 1 is 1.18 bits per heavy atom. The van der Waals surface area contributed by atoms with Crippen LogP contribution in [0.1, 0.15) is 31.9 Å². The number of hydrogen-bond donors (Lipinski definition) is 0. The number of benzene rings is 1. The summed E-state index contributed by atoms with van der Waals surface area (Å²) in [6.45, 7) is 8.02. The van der Waals surface area contributed by atoms with Gasteiger partial charge in [-0.25, -0.2) is 8.42 Å². The topological polar surface area (TPSA) is 37.4 Å². The molecule has 3 nitrogen and oxygen atoms in total. The molecule has 1 aromatic carbocycles. The van der Waals surface area contributed by atoms with E-state index < -0.39 is 9.84 Å². The molecule has 0 saturated carbocycles. The minimum absolute atomic E-state index is 0.0633. The van der Waals surface area contributed by atoms with E-state index in [0.29, 0.717) is 4.90 Å². The first-order valence-electron chi connectivity index (χ1n) is 5.75. The summed E-state index contributed by atoms with van der Waals surface area (Å²) < 4.78 is 23.5. The summed E-state index contributed by atoms with van der Waals surface area (Å²) >= 11 is 0. The monoisotopic (exact) mass is 253 g/mol. The van der Waals surface area contributed by atoms with E-state index in [1.54, 1.807) is 6.07 Å². The van der Waals surface area contributed by atoms with Crippen LogP contribution in [0.3, 0.4) is 0 Å². The molecule has 17 heavy (non-hydrogen) atoms. The van der Waals surface area contributed by atoms with Gasteiger partial charge in [-0.3, -0.25) is 4.90 Å². The van der Waals surface area contributed by atoms with Crippen molar-refractivity contribution >= 4 is 9.84 Å². The average Bonchev–Trinajstić information content (AvgIpc) is 2.57. The highest BCUT2D eigenvalue weighted by molar-refractivity contribution is 7.90. The summed E-state index contributed by atoms with van der Waals surface area (Å²) in [6.07, 6.45) is 1.28. The molecule has 0 radical (unpaired) electrons. The lowest BCUT2D eigenvalue weighted by molar-refractivity contribution is 0.136. The molecule has 4 heteroatoms. The Hall–Kier alpha value is -0.870. The smallest absolute Gasteiger partial charge is 0.175 e. The van der Waals surface area contributed by atoms with E-state index in [1.807, 2.05) is 12.1 Å². The first kappa shape index (κ1) is 12.6. The van der Waals surface area contributed by atoms with Crippen LogP contribution in [0.2, 0.25) is 0 Å². The van der Waals surface area contributed by atoms with Gasteiger partial charge in [-0.1, -0.05) is 12.1 Å². The fourth-order valence-corrected chi connectivity index (χ4v) is 3.18. The molecule has 1 aliphatic rings. The minimum Gasteiger partial charge on any atom is -0.290 e. The van der Waals surface area contributed by atoms with E-state index in [4.69, 9.17) is 0 Å². The normalized spacial score (nSPS) is 17.2. The van der Waals surface area contributed by atoms with Crippen LogP contribution < -0.4 is 0 Å². The van der Waals surface area contributed by atoms with Crippen LogP contribution >= 0.6 is 0 Å². The van der Waals surface area contributed by atoms with Crippen LogP contribution in [-0.2, 0) is 22.9 Å². The Kier molecular flexibility index (Phi) is 2.83. The lowest BCUT2D eigenvalue weighted by Gasteiger charge is -2.31. The second-order valence-corrected chi connectivity index (χ2v) is 7.68. The minimum atomic E-state index is -3.12. The van der Waals surface area contributed by atoms with Gasteiger partial charge >= 0.3 is 0 Å². The van der Waals surface area contributed by atoms with Gasteiger partial charge in [-0.15, -0.1) is 0 Å². The lowest BCUT2D eigenvalue weighted by Crippen LogP contribution is -2.36. The van der Waals surface area contributed by atoms with Crippen molar-refractivity contribution in [3.05, 3.63) is 29.3 Å². The molecule has 2 rings (SSSR count). The molecule has 0 amide bonds. The van der Waals surface area contributed by atoms with Crippen molar-refractivity contribution in [2.24, 2.45) is 0 Å². The van der Waals surface area contributed by atoms with Crippen LogP contribution in [0.5, 0.6) is 0 Å². The molecule has 1 aromatic rings. The van der Waals surface area contributed by atoms with Crippen molar-refractivity contribution in [2.45, 2.75) is 44.3 Å². The van der Waals surface area contributed by atoms with E-state index in [-0.39, 0.29) is 5.54 Å². The maximum Gasteiger partial charge on any atom is 0.175 e. The summed E-state index contributed by atoms with van der Waals surface area (Å²) in [6, 6.07) is 5.57. The predicted octanol–water partition coefficient (Wildman–Crippen LogP) is 2.20. The van der Waals surface area contributed by atoms with Gasteiger partial charge in [-0.2, -0.15) is 0 Å². The van der Waals surface area contributed by atoms with Crippen LogP contribution in [0.25, 0.3) is 0 Å². The summed E-state index contributed by atoms with van der Waals surface area (Å²) in [5, 5.41) is 0. The third-order valence-electron chi connectivity index (χ3n) is 3.29. The van der Waals surface area contributed by atoms with E-state index in [0.717, 1.165) is 24.2 Å². The molecule has 0 saturated heterocycles. The van der Waals surface area contributed by atoms with Gasteiger partial charge in [0.2, 0.25) is 0 Å². The third-order valence-corrected chi connectivity index (χ3v) is 4.47. The zero-order valence-corrected chi connectivity index (χ0v) is 11.6. The fraction of sp³-hybridized carbons (Fsp3) is 0.538. The molecule has 0 aromatic heterocycles. The molecule has 94 valence electrons. The van der Waals surface area contributed by atoms with Gasteiger partial charge in [0, 0.05) is 24.9 Å². The Bertz CT molecular complexity index is 541. The molecule has 0 N–H and O–H groups in total. The summed E-state index contributed by atoms with van der Waals surface area (Å²) in [4.78, 5) is 2.79. The van der Waals surface area contributed by atoms with Crippen LogP contribution in [0.15, 0.2) is 23.1 Å². The predicted molar refractivity (Wildman–Crippen MR) is 68.6 cm³/mol. The van der Waals surface area contributed by atoms with Gasteiger partial charge in [0.25, 0.3) is 0 Å². The van der Waals surface area contributed by atoms with Crippen molar-refractivity contribution in [3.8, 4) is 0 Å². The van der Waals surface area contributed by atoms with E-state index in [9.17, 15) is 8.42 Å². The molecule has 1 heterocycles. The van der Waals surface area contributed by atoms with Crippen molar-refractivity contribution in [2.75, 3.05) is 6.26 Å². The summed E-state index contributed by atoms with van der Waals surface area (Å²) in [5.74, 6) is 0. The number of rotatable bonds is 1. The fourth-order valence-electron chi connectivity index (χ4n) is 2.21. The summed E-state index contributed by atoms with van der Waals surface area (Å²) in [5.41, 5.74) is 2.18. The average molecular weight is 253 g/mol. The Labute approximate surface area is 103 Å². The zero-order chi connectivity index (χ0) is 12.8. The lowest BCUT2D eigenvalue weighted by atomic mass is 10.1. The van der Waals surface area contributed by atoms with Crippen LogP contribution in [0.4, 0.5) is 0 Å².